The molecule has 1 amide bonds. The van der Waals surface area contributed by atoms with Crippen LogP contribution in [-0.2, 0) is 20.9 Å². The van der Waals surface area contributed by atoms with Crippen LogP contribution in [-0.4, -0.2) is 29.6 Å². The summed E-state index contributed by atoms with van der Waals surface area (Å²) in [5, 5.41) is 2.69. The van der Waals surface area contributed by atoms with Crippen LogP contribution in [0.15, 0.2) is 30.3 Å². The number of ketones is 1. The quantitative estimate of drug-likeness (QED) is 0.767. The van der Waals surface area contributed by atoms with E-state index in [1.54, 1.807) is 27.7 Å². The lowest BCUT2D eigenvalue weighted by atomic mass is 9.94. The third kappa shape index (κ3) is 7.69. The first-order valence-electron chi connectivity index (χ1n) is 8.82. The lowest BCUT2D eigenvalue weighted by Crippen LogP contribution is -2.51. The standard InChI is InChI=1S/C20H31NO4/c1-7-14(2)18(22)17(21-19(23)25-20(4,5)6)15(3)24-13-16-11-9-8-10-12-16/h8-12,14-15,17H,7,13H2,1-6H3,(H,21,23)/t14?,15-,17+/m0/s1. The van der Waals surface area contributed by atoms with E-state index < -0.39 is 23.8 Å². The van der Waals surface area contributed by atoms with Crippen LogP contribution in [0, 0.1) is 5.92 Å². The molecule has 5 heteroatoms. The molecule has 1 rings (SSSR count). The molecule has 0 aliphatic heterocycles. The maximum Gasteiger partial charge on any atom is 0.408 e. The van der Waals surface area contributed by atoms with E-state index in [-0.39, 0.29) is 11.7 Å². The Kier molecular flexibility index (Phi) is 8.10. The third-order valence-electron chi connectivity index (χ3n) is 3.90. The van der Waals surface area contributed by atoms with Gasteiger partial charge < -0.3 is 14.8 Å². The molecule has 0 saturated heterocycles. The minimum absolute atomic E-state index is 0.0473. The van der Waals surface area contributed by atoms with Crippen molar-refractivity contribution in [1.29, 1.82) is 0 Å². The van der Waals surface area contributed by atoms with Gasteiger partial charge in [-0.25, -0.2) is 4.79 Å². The van der Waals surface area contributed by atoms with Gasteiger partial charge in [0.1, 0.15) is 11.6 Å². The maximum atomic E-state index is 12.7. The Bertz CT molecular complexity index is 551. The molecule has 1 aromatic carbocycles. The van der Waals surface area contributed by atoms with E-state index in [1.807, 2.05) is 44.2 Å². The molecule has 0 aliphatic carbocycles. The first-order chi connectivity index (χ1) is 11.6. The lowest BCUT2D eigenvalue weighted by molar-refractivity contribution is -0.128. The Morgan fingerprint density at radius 1 is 1.12 bits per heavy atom. The van der Waals surface area contributed by atoms with E-state index in [2.05, 4.69) is 5.32 Å². The van der Waals surface area contributed by atoms with Crippen LogP contribution in [0.1, 0.15) is 53.5 Å². The maximum absolute atomic E-state index is 12.7. The van der Waals surface area contributed by atoms with Crippen molar-refractivity contribution in [2.45, 2.75) is 72.3 Å². The number of hydrogen-bond acceptors (Lipinski definition) is 4. The van der Waals surface area contributed by atoms with Crippen molar-refractivity contribution in [1.82, 2.24) is 5.32 Å². The number of carbonyl (C=O) groups is 2. The van der Waals surface area contributed by atoms with Crippen molar-refractivity contribution in [3.8, 4) is 0 Å². The second kappa shape index (κ2) is 9.56. The molecule has 5 nitrogen and oxygen atoms in total. The molecular weight excluding hydrogens is 318 g/mol. The van der Waals surface area contributed by atoms with Gasteiger partial charge in [-0.2, -0.15) is 0 Å². The monoisotopic (exact) mass is 349 g/mol. The predicted molar refractivity (Wildman–Crippen MR) is 98.3 cm³/mol. The topological polar surface area (TPSA) is 64.6 Å². The number of carbonyl (C=O) groups excluding carboxylic acids is 2. The Morgan fingerprint density at radius 3 is 2.24 bits per heavy atom. The van der Waals surface area contributed by atoms with Gasteiger partial charge in [0.2, 0.25) is 0 Å². The van der Waals surface area contributed by atoms with Crippen LogP contribution in [0.4, 0.5) is 4.79 Å². The molecule has 0 fully saturated rings. The van der Waals surface area contributed by atoms with Gasteiger partial charge >= 0.3 is 6.09 Å². The van der Waals surface area contributed by atoms with E-state index in [1.165, 1.54) is 0 Å². The van der Waals surface area contributed by atoms with Crippen molar-refractivity contribution in [3.05, 3.63) is 35.9 Å². The van der Waals surface area contributed by atoms with E-state index in [4.69, 9.17) is 9.47 Å². The van der Waals surface area contributed by atoms with E-state index in [0.29, 0.717) is 13.0 Å². The number of nitrogens with one attached hydrogen (secondary N) is 1. The molecule has 25 heavy (non-hydrogen) atoms. The molecule has 0 aromatic heterocycles. The number of Topliss-reactive ketones (excluding diaryl/α,β-unsaturated/α-hetero) is 1. The van der Waals surface area contributed by atoms with Gasteiger partial charge in [0.25, 0.3) is 0 Å². The van der Waals surface area contributed by atoms with Gasteiger partial charge in [0.15, 0.2) is 5.78 Å². The van der Waals surface area contributed by atoms with E-state index in [9.17, 15) is 9.59 Å². The Hall–Kier alpha value is -1.88. The summed E-state index contributed by atoms with van der Waals surface area (Å²) in [6.07, 6.45) is -0.366. The van der Waals surface area contributed by atoms with Crippen molar-refractivity contribution < 1.29 is 19.1 Å². The zero-order valence-corrected chi connectivity index (χ0v) is 16.2. The minimum Gasteiger partial charge on any atom is -0.444 e. The van der Waals surface area contributed by atoms with Crippen molar-refractivity contribution in [2.24, 2.45) is 5.92 Å². The summed E-state index contributed by atoms with van der Waals surface area (Å²) >= 11 is 0. The summed E-state index contributed by atoms with van der Waals surface area (Å²) < 4.78 is 11.1. The average Bonchev–Trinajstić information content (AvgIpc) is 2.55. The van der Waals surface area contributed by atoms with Gasteiger partial charge in [-0.15, -0.1) is 0 Å². The molecule has 0 bridgehead atoms. The summed E-state index contributed by atoms with van der Waals surface area (Å²) in [6.45, 7) is 11.3. The molecule has 0 aliphatic rings. The second-order valence-electron chi connectivity index (χ2n) is 7.34. The SMILES string of the molecule is CCC(C)C(=O)[C@H](NC(=O)OC(C)(C)C)[C@H](C)OCc1ccccc1. The summed E-state index contributed by atoms with van der Waals surface area (Å²) in [5.41, 5.74) is 0.392. The first kappa shape index (κ1) is 21.2. The van der Waals surface area contributed by atoms with E-state index in [0.717, 1.165) is 5.56 Å². The highest BCUT2D eigenvalue weighted by Gasteiger charge is 2.31. The zero-order valence-electron chi connectivity index (χ0n) is 16.2. The Labute approximate surface area is 151 Å². The van der Waals surface area contributed by atoms with Gasteiger partial charge in [-0.3, -0.25) is 4.79 Å². The minimum atomic E-state index is -0.742. The molecule has 1 aromatic rings. The van der Waals surface area contributed by atoms with Gasteiger partial charge in [-0.05, 0) is 39.7 Å². The Morgan fingerprint density at radius 2 is 1.72 bits per heavy atom. The molecule has 1 unspecified atom stereocenters. The summed E-state index contributed by atoms with van der Waals surface area (Å²) in [5.74, 6) is -0.211. The van der Waals surface area contributed by atoms with Crippen LogP contribution in [0.3, 0.4) is 0 Å². The van der Waals surface area contributed by atoms with Crippen LogP contribution in [0.25, 0.3) is 0 Å². The third-order valence-corrected chi connectivity index (χ3v) is 3.90. The molecule has 0 spiro atoms. The number of amides is 1. The summed E-state index contributed by atoms with van der Waals surface area (Å²) in [4.78, 5) is 24.8. The average molecular weight is 349 g/mol. The normalized spacial score (nSPS) is 15.1. The predicted octanol–water partition coefficient (Wildman–Crippen LogP) is 4.10. The van der Waals surface area contributed by atoms with Crippen molar-refractivity contribution in [2.75, 3.05) is 0 Å². The molecule has 3 atom stereocenters. The first-order valence-corrected chi connectivity index (χ1v) is 8.82. The van der Waals surface area contributed by atoms with Gasteiger partial charge in [0, 0.05) is 5.92 Å². The molecule has 0 saturated carbocycles. The summed E-state index contributed by atoms with van der Waals surface area (Å²) in [6, 6.07) is 8.98. The highest BCUT2D eigenvalue weighted by atomic mass is 16.6. The number of rotatable bonds is 8. The number of hydrogen-bond donors (Lipinski definition) is 1. The zero-order chi connectivity index (χ0) is 19.0. The molecular formula is C20H31NO4. The van der Waals surface area contributed by atoms with E-state index >= 15 is 0 Å². The molecule has 1 N–H and O–H groups in total. The number of ether oxygens (including phenoxy) is 2. The fraction of sp³-hybridized carbons (Fsp3) is 0.600. The molecule has 0 heterocycles. The van der Waals surface area contributed by atoms with Crippen LogP contribution < -0.4 is 5.32 Å². The van der Waals surface area contributed by atoms with Crippen LogP contribution >= 0.6 is 0 Å². The second-order valence-corrected chi connectivity index (χ2v) is 7.34. The van der Waals surface area contributed by atoms with Gasteiger partial charge in [-0.1, -0.05) is 44.2 Å². The van der Waals surface area contributed by atoms with Gasteiger partial charge in [0.05, 0.1) is 12.7 Å². The highest BCUT2D eigenvalue weighted by Crippen LogP contribution is 2.14. The molecule has 140 valence electrons. The smallest absolute Gasteiger partial charge is 0.408 e. The largest absolute Gasteiger partial charge is 0.444 e. The highest BCUT2D eigenvalue weighted by molar-refractivity contribution is 5.89. The molecule has 0 radical (unpaired) electrons. The fourth-order valence-electron chi connectivity index (χ4n) is 2.26. The number of alkyl carbamates (subject to hydrolysis) is 1. The summed E-state index contributed by atoms with van der Waals surface area (Å²) in [7, 11) is 0. The van der Waals surface area contributed by atoms with Crippen molar-refractivity contribution in [3.63, 3.8) is 0 Å². The number of benzene rings is 1. The lowest BCUT2D eigenvalue weighted by Gasteiger charge is -2.28. The Balaban J connectivity index is 2.78. The van der Waals surface area contributed by atoms with Crippen molar-refractivity contribution >= 4 is 11.9 Å². The van der Waals surface area contributed by atoms with Crippen LogP contribution in [0.5, 0.6) is 0 Å². The van der Waals surface area contributed by atoms with Crippen LogP contribution in [0.2, 0.25) is 0 Å². The fourth-order valence-corrected chi connectivity index (χ4v) is 2.26.